The molecule has 2 N–H and O–H groups in total. The van der Waals surface area contributed by atoms with Gasteiger partial charge in [0.25, 0.3) is 5.56 Å². The van der Waals surface area contributed by atoms with Crippen molar-refractivity contribution < 1.29 is 0 Å². The average Bonchev–Trinajstić information content (AvgIpc) is 2.88. The molecule has 19 heavy (non-hydrogen) atoms. The number of hydrogen-bond acceptors (Lipinski definition) is 6. The van der Waals surface area contributed by atoms with Crippen LogP contribution in [0.4, 0.5) is 0 Å². The molecule has 1 unspecified atom stereocenters. The van der Waals surface area contributed by atoms with Gasteiger partial charge in [-0.05, 0) is 19.4 Å². The van der Waals surface area contributed by atoms with Crippen LogP contribution < -0.4 is 11.3 Å². The summed E-state index contributed by atoms with van der Waals surface area (Å²) < 4.78 is 1.34. The third-order valence-corrected chi connectivity index (χ3v) is 4.30. The molecule has 3 heterocycles. The molecule has 1 aliphatic heterocycles. The van der Waals surface area contributed by atoms with Gasteiger partial charge in [-0.3, -0.25) is 9.69 Å². The van der Waals surface area contributed by atoms with Gasteiger partial charge in [-0.15, -0.1) is 0 Å². The number of likely N-dealkylation sites (tertiary alicyclic amines) is 1. The van der Waals surface area contributed by atoms with Crippen molar-refractivity contribution in [2.45, 2.75) is 31.8 Å². The van der Waals surface area contributed by atoms with Crippen molar-refractivity contribution in [3.63, 3.8) is 0 Å². The van der Waals surface area contributed by atoms with E-state index in [1.54, 1.807) is 11.6 Å². The maximum atomic E-state index is 11.9. The van der Waals surface area contributed by atoms with Crippen molar-refractivity contribution in [3.8, 4) is 0 Å². The van der Waals surface area contributed by atoms with Crippen molar-refractivity contribution in [1.29, 1.82) is 0 Å². The van der Waals surface area contributed by atoms with Gasteiger partial charge in [-0.2, -0.15) is 9.61 Å². The second-order valence-corrected chi connectivity index (χ2v) is 5.69. The van der Waals surface area contributed by atoms with E-state index in [1.807, 2.05) is 0 Å². The quantitative estimate of drug-likeness (QED) is 0.883. The minimum absolute atomic E-state index is 0.109. The fourth-order valence-corrected chi connectivity index (χ4v) is 3.27. The Morgan fingerprint density at radius 1 is 1.47 bits per heavy atom. The van der Waals surface area contributed by atoms with E-state index in [0.29, 0.717) is 24.1 Å². The highest BCUT2D eigenvalue weighted by Crippen LogP contribution is 2.18. The highest BCUT2D eigenvalue weighted by molar-refractivity contribution is 7.14. The minimum atomic E-state index is -0.109. The van der Waals surface area contributed by atoms with E-state index < -0.39 is 0 Å². The lowest BCUT2D eigenvalue weighted by atomic mass is 10.0. The summed E-state index contributed by atoms with van der Waals surface area (Å²) in [5.41, 5.74) is 8.16. The Morgan fingerprint density at radius 2 is 2.37 bits per heavy atom. The highest BCUT2D eigenvalue weighted by atomic mass is 32.1. The Hall–Kier alpha value is -1.31. The fraction of sp³-hybridized carbons (Fsp3) is 0.583. The second kappa shape index (κ2) is 5.36. The standard InChI is InChI=1S/C12H17N5OS/c13-6-10-3-1-2-4-16(10)7-9-5-11(18)17-12(15-9)19-8-14-17/h5,8,10H,1-4,6-7,13H2. The molecule has 1 aliphatic rings. The average molecular weight is 279 g/mol. The lowest BCUT2D eigenvalue weighted by Gasteiger charge is -2.34. The van der Waals surface area contributed by atoms with E-state index >= 15 is 0 Å². The van der Waals surface area contributed by atoms with Gasteiger partial charge in [0, 0.05) is 25.2 Å². The van der Waals surface area contributed by atoms with Gasteiger partial charge in [0.05, 0.1) is 5.69 Å². The predicted molar refractivity (Wildman–Crippen MR) is 74.2 cm³/mol. The zero-order valence-corrected chi connectivity index (χ0v) is 11.5. The normalized spacial score (nSPS) is 21.0. The van der Waals surface area contributed by atoms with Crippen LogP contribution in [0, 0.1) is 0 Å². The van der Waals surface area contributed by atoms with Gasteiger partial charge >= 0.3 is 0 Å². The zero-order chi connectivity index (χ0) is 13.2. The molecular formula is C12H17N5OS. The Balaban J connectivity index is 1.85. The monoisotopic (exact) mass is 279 g/mol. The predicted octanol–water partition coefficient (Wildman–Crippen LogP) is 0.464. The fourth-order valence-electron chi connectivity index (χ4n) is 2.63. The van der Waals surface area contributed by atoms with Crippen molar-refractivity contribution in [2.24, 2.45) is 5.73 Å². The first-order valence-corrected chi connectivity index (χ1v) is 7.42. The molecular weight excluding hydrogens is 262 g/mol. The van der Waals surface area contributed by atoms with Crippen LogP contribution >= 0.6 is 11.3 Å². The van der Waals surface area contributed by atoms with Crippen LogP contribution in [0.1, 0.15) is 25.0 Å². The van der Waals surface area contributed by atoms with Crippen LogP contribution in [-0.4, -0.2) is 38.6 Å². The number of aromatic nitrogens is 3. The SMILES string of the molecule is NCC1CCCCN1Cc1cc(=O)n2ncsc2n1. The van der Waals surface area contributed by atoms with E-state index in [0.717, 1.165) is 18.7 Å². The van der Waals surface area contributed by atoms with Crippen molar-refractivity contribution >= 4 is 16.3 Å². The van der Waals surface area contributed by atoms with Gasteiger partial charge in [-0.1, -0.05) is 17.8 Å². The summed E-state index contributed by atoms with van der Waals surface area (Å²) in [5.74, 6) is 0. The smallest absolute Gasteiger partial charge is 0.275 e. The van der Waals surface area contributed by atoms with Gasteiger partial charge in [0.1, 0.15) is 5.51 Å². The topological polar surface area (TPSA) is 76.5 Å². The molecule has 0 radical (unpaired) electrons. The largest absolute Gasteiger partial charge is 0.329 e. The van der Waals surface area contributed by atoms with Crippen molar-refractivity contribution in [3.05, 3.63) is 27.6 Å². The summed E-state index contributed by atoms with van der Waals surface area (Å²) >= 11 is 1.38. The summed E-state index contributed by atoms with van der Waals surface area (Å²) in [4.78, 5) is 19.4. The van der Waals surface area contributed by atoms with Crippen LogP contribution in [0.15, 0.2) is 16.4 Å². The summed E-state index contributed by atoms with van der Waals surface area (Å²) in [5, 5.41) is 3.96. The van der Waals surface area contributed by atoms with Gasteiger partial charge in [0.15, 0.2) is 0 Å². The van der Waals surface area contributed by atoms with E-state index in [9.17, 15) is 4.79 Å². The number of nitrogens with zero attached hydrogens (tertiary/aromatic N) is 4. The molecule has 1 fully saturated rings. The highest BCUT2D eigenvalue weighted by Gasteiger charge is 2.21. The van der Waals surface area contributed by atoms with Gasteiger partial charge < -0.3 is 5.73 Å². The third kappa shape index (κ3) is 2.54. The summed E-state index contributed by atoms with van der Waals surface area (Å²) in [6, 6.07) is 1.99. The lowest BCUT2D eigenvalue weighted by Crippen LogP contribution is -2.43. The number of fused-ring (bicyclic) bond motifs is 1. The maximum Gasteiger partial charge on any atom is 0.275 e. The summed E-state index contributed by atoms with van der Waals surface area (Å²) in [6.45, 7) is 2.40. The number of nitrogens with two attached hydrogens (primary N) is 1. The summed E-state index contributed by atoms with van der Waals surface area (Å²) in [7, 11) is 0. The molecule has 0 aliphatic carbocycles. The van der Waals surface area contributed by atoms with E-state index in [2.05, 4.69) is 15.0 Å². The third-order valence-electron chi connectivity index (χ3n) is 3.63. The Bertz CT molecular complexity index is 622. The van der Waals surface area contributed by atoms with E-state index in [-0.39, 0.29) is 5.56 Å². The summed E-state index contributed by atoms with van der Waals surface area (Å²) in [6.07, 6.45) is 3.57. The molecule has 3 rings (SSSR count). The Labute approximate surface area is 114 Å². The number of piperidine rings is 1. The number of hydrogen-bond donors (Lipinski definition) is 1. The van der Waals surface area contributed by atoms with Crippen molar-refractivity contribution in [2.75, 3.05) is 13.1 Å². The first-order valence-electron chi connectivity index (χ1n) is 6.54. The first kappa shape index (κ1) is 12.7. The van der Waals surface area contributed by atoms with Crippen LogP contribution in [0.25, 0.3) is 4.96 Å². The van der Waals surface area contributed by atoms with Crippen molar-refractivity contribution in [1.82, 2.24) is 19.5 Å². The molecule has 7 heteroatoms. The second-order valence-electron chi connectivity index (χ2n) is 4.87. The molecule has 2 aromatic rings. The van der Waals surface area contributed by atoms with Crippen LogP contribution in [0.2, 0.25) is 0 Å². The molecule has 0 amide bonds. The Morgan fingerprint density at radius 3 is 3.21 bits per heavy atom. The molecule has 0 spiro atoms. The van der Waals surface area contributed by atoms with E-state index in [4.69, 9.17) is 5.73 Å². The van der Waals surface area contributed by atoms with Crippen LogP contribution in [0.3, 0.4) is 0 Å². The molecule has 6 nitrogen and oxygen atoms in total. The zero-order valence-electron chi connectivity index (χ0n) is 10.7. The molecule has 2 aromatic heterocycles. The molecule has 0 bridgehead atoms. The molecule has 1 atom stereocenters. The molecule has 0 saturated carbocycles. The molecule has 1 saturated heterocycles. The lowest BCUT2D eigenvalue weighted by molar-refractivity contribution is 0.143. The molecule has 102 valence electrons. The van der Waals surface area contributed by atoms with Gasteiger partial charge in [0.2, 0.25) is 4.96 Å². The van der Waals surface area contributed by atoms with Gasteiger partial charge in [-0.25, -0.2) is 4.98 Å². The first-order chi connectivity index (χ1) is 9.28. The number of rotatable bonds is 3. The minimum Gasteiger partial charge on any atom is -0.329 e. The van der Waals surface area contributed by atoms with Crippen LogP contribution in [-0.2, 0) is 6.54 Å². The van der Waals surface area contributed by atoms with Crippen LogP contribution in [0.5, 0.6) is 0 Å². The maximum absolute atomic E-state index is 11.9. The Kier molecular flexibility index (Phi) is 3.58. The van der Waals surface area contributed by atoms with E-state index in [1.165, 1.54) is 28.7 Å². The molecule has 0 aromatic carbocycles.